The van der Waals surface area contributed by atoms with Crippen molar-refractivity contribution in [2.45, 2.75) is 51.2 Å². The van der Waals surface area contributed by atoms with Crippen LogP contribution in [0.25, 0.3) is 0 Å². The number of carbonyl (C=O) groups is 1. The first-order valence-electron chi connectivity index (χ1n) is 10.4. The highest BCUT2D eigenvalue weighted by atomic mass is 32.2. The lowest BCUT2D eigenvalue weighted by Crippen LogP contribution is -2.45. The van der Waals surface area contributed by atoms with Crippen LogP contribution in [0, 0.1) is 12.8 Å². The van der Waals surface area contributed by atoms with E-state index in [1.807, 2.05) is 45.0 Å². The fourth-order valence-electron chi connectivity index (χ4n) is 3.57. The number of hydrogen-bond donors (Lipinski definition) is 1. The van der Waals surface area contributed by atoms with Crippen LogP contribution in [0.3, 0.4) is 0 Å². The fraction of sp³-hybridized carbons (Fsp3) is 0.435. The van der Waals surface area contributed by atoms with Gasteiger partial charge in [0.1, 0.15) is 5.75 Å². The minimum Gasteiger partial charge on any atom is -0.491 e. The molecule has 1 saturated heterocycles. The van der Waals surface area contributed by atoms with Crippen LogP contribution in [0.4, 0.5) is 0 Å². The number of amides is 1. The Morgan fingerprint density at radius 2 is 1.93 bits per heavy atom. The van der Waals surface area contributed by atoms with Crippen molar-refractivity contribution in [3.63, 3.8) is 0 Å². The largest absolute Gasteiger partial charge is 0.491 e. The number of hydrogen-bond acceptors (Lipinski definition) is 4. The summed E-state index contributed by atoms with van der Waals surface area (Å²) in [4.78, 5) is 13.0. The van der Waals surface area contributed by atoms with Crippen molar-refractivity contribution in [1.82, 2.24) is 9.62 Å². The molecule has 3 rings (SSSR count). The quantitative estimate of drug-likeness (QED) is 0.730. The van der Waals surface area contributed by atoms with Crippen LogP contribution in [0.15, 0.2) is 53.4 Å². The van der Waals surface area contributed by atoms with Crippen LogP contribution in [-0.4, -0.2) is 37.8 Å². The van der Waals surface area contributed by atoms with E-state index < -0.39 is 10.0 Å². The van der Waals surface area contributed by atoms with Crippen LogP contribution in [0.2, 0.25) is 0 Å². The van der Waals surface area contributed by atoms with Crippen molar-refractivity contribution < 1.29 is 17.9 Å². The third kappa shape index (κ3) is 5.61. The van der Waals surface area contributed by atoms with E-state index in [1.165, 1.54) is 4.31 Å². The molecule has 162 valence electrons. The molecule has 1 aliphatic rings. The van der Waals surface area contributed by atoms with Gasteiger partial charge in [-0.2, -0.15) is 4.31 Å². The molecular weight excluding hydrogens is 400 g/mol. The van der Waals surface area contributed by atoms with Crippen LogP contribution >= 0.6 is 0 Å². The van der Waals surface area contributed by atoms with E-state index in [0.717, 1.165) is 16.9 Å². The Morgan fingerprint density at radius 3 is 2.63 bits per heavy atom. The van der Waals surface area contributed by atoms with E-state index in [4.69, 9.17) is 4.74 Å². The number of aryl methyl sites for hydroxylation is 1. The van der Waals surface area contributed by atoms with E-state index in [9.17, 15) is 13.2 Å². The molecule has 30 heavy (non-hydrogen) atoms. The van der Waals surface area contributed by atoms with E-state index in [0.29, 0.717) is 25.9 Å². The second kappa shape index (κ2) is 9.62. The van der Waals surface area contributed by atoms with E-state index in [1.54, 1.807) is 24.3 Å². The predicted molar refractivity (Wildman–Crippen MR) is 117 cm³/mol. The van der Waals surface area contributed by atoms with Gasteiger partial charge in [0.25, 0.3) is 0 Å². The van der Waals surface area contributed by atoms with Gasteiger partial charge >= 0.3 is 0 Å². The first kappa shape index (κ1) is 22.3. The number of carbonyl (C=O) groups excluding carboxylic acids is 1. The van der Waals surface area contributed by atoms with Crippen LogP contribution < -0.4 is 10.1 Å². The lowest BCUT2D eigenvalue weighted by molar-refractivity contribution is -0.126. The third-order valence-electron chi connectivity index (χ3n) is 5.15. The van der Waals surface area contributed by atoms with Crippen molar-refractivity contribution in [2.75, 3.05) is 13.1 Å². The summed E-state index contributed by atoms with van der Waals surface area (Å²) in [6.45, 7) is 6.88. The Hall–Kier alpha value is -2.38. The summed E-state index contributed by atoms with van der Waals surface area (Å²) >= 11 is 0. The maximum absolute atomic E-state index is 13.0. The van der Waals surface area contributed by atoms with Crippen LogP contribution in [0.1, 0.15) is 37.8 Å². The molecule has 1 fully saturated rings. The average molecular weight is 431 g/mol. The van der Waals surface area contributed by atoms with Crippen LogP contribution in [-0.2, 0) is 21.4 Å². The summed E-state index contributed by atoms with van der Waals surface area (Å²) in [5.41, 5.74) is 1.95. The molecule has 0 unspecified atom stereocenters. The summed E-state index contributed by atoms with van der Waals surface area (Å²) in [5, 5.41) is 2.95. The molecule has 1 heterocycles. The van der Waals surface area contributed by atoms with Crippen molar-refractivity contribution in [2.24, 2.45) is 5.92 Å². The number of piperidine rings is 1. The van der Waals surface area contributed by atoms with Gasteiger partial charge in [-0.25, -0.2) is 8.42 Å². The molecule has 7 heteroatoms. The lowest BCUT2D eigenvalue weighted by atomic mass is 9.99. The zero-order valence-electron chi connectivity index (χ0n) is 17.8. The molecule has 0 bridgehead atoms. The maximum atomic E-state index is 13.0. The molecule has 1 atom stereocenters. The van der Waals surface area contributed by atoms with E-state index in [-0.39, 0.29) is 29.4 Å². The highest BCUT2D eigenvalue weighted by Gasteiger charge is 2.33. The monoisotopic (exact) mass is 430 g/mol. The molecule has 1 amide bonds. The normalized spacial score (nSPS) is 17.7. The standard InChI is InChI=1S/C23H30N2O4S/c1-17(2)29-21-8-4-6-19(14-21)15-24-23(26)20-7-5-13-25(16-20)30(27,28)22-11-9-18(3)10-12-22/h4,6,8-12,14,17,20H,5,7,13,15-16H2,1-3H3,(H,24,26)/t20-/m1/s1. The van der Waals surface area contributed by atoms with Crippen molar-refractivity contribution in [3.05, 3.63) is 59.7 Å². The van der Waals surface area contributed by atoms with Gasteiger partial charge < -0.3 is 10.1 Å². The molecule has 1 N–H and O–H groups in total. The van der Waals surface area contributed by atoms with Crippen molar-refractivity contribution in [1.29, 1.82) is 0 Å². The SMILES string of the molecule is Cc1ccc(S(=O)(=O)N2CCC[C@@H](C(=O)NCc3cccc(OC(C)C)c3)C2)cc1. The molecule has 0 aliphatic carbocycles. The average Bonchev–Trinajstić information content (AvgIpc) is 2.72. The summed E-state index contributed by atoms with van der Waals surface area (Å²) in [6.07, 6.45) is 1.43. The van der Waals surface area contributed by atoms with Gasteiger partial charge in [-0.1, -0.05) is 29.8 Å². The Kier molecular flexibility index (Phi) is 7.15. The van der Waals surface area contributed by atoms with E-state index in [2.05, 4.69) is 5.32 Å². The smallest absolute Gasteiger partial charge is 0.243 e. The van der Waals surface area contributed by atoms with Gasteiger partial charge in [-0.3, -0.25) is 4.79 Å². The second-order valence-electron chi connectivity index (χ2n) is 8.05. The molecule has 0 radical (unpaired) electrons. The summed E-state index contributed by atoms with van der Waals surface area (Å²) < 4.78 is 33.0. The molecule has 1 aliphatic heterocycles. The summed E-state index contributed by atoms with van der Waals surface area (Å²) in [7, 11) is -3.59. The zero-order chi connectivity index (χ0) is 21.7. The molecular formula is C23H30N2O4S. The Balaban J connectivity index is 1.61. The Labute approximate surface area is 179 Å². The van der Waals surface area contributed by atoms with Crippen LogP contribution in [0.5, 0.6) is 5.75 Å². The van der Waals surface area contributed by atoms with Gasteiger partial charge in [-0.05, 0) is 63.4 Å². The second-order valence-corrected chi connectivity index (χ2v) is 9.99. The molecule has 0 spiro atoms. The maximum Gasteiger partial charge on any atom is 0.243 e. The van der Waals surface area contributed by atoms with Gasteiger partial charge in [0.15, 0.2) is 0 Å². The molecule has 0 aromatic heterocycles. The van der Waals surface area contributed by atoms with Gasteiger partial charge in [0.05, 0.1) is 16.9 Å². The molecule has 6 nitrogen and oxygen atoms in total. The highest BCUT2D eigenvalue weighted by molar-refractivity contribution is 7.89. The number of sulfonamides is 1. The van der Waals surface area contributed by atoms with Gasteiger partial charge in [-0.15, -0.1) is 0 Å². The molecule has 0 saturated carbocycles. The number of nitrogens with one attached hydrogen (secondary N) is 1. The Bertz CT molecular complexity index is 971. The lowest BCUT2D eigenvalue weighted by Gasteiger charge is -2.31. The summed E-state index contributed by atoms with van der Waals surface area (Å²) in [6, 6.07) is 14.5. The van der Waals surface area contributed by atoms with E-state index >= 15 is 0 Å². The minimum absolute atomic E-state index is 0.0820. The summed E-state index contributed by atoms with van der Waals surface area (Å²) in [5.74, 6) is 0.299. The Morgan fingerprint density at radius 1 is 1.20 bits per heavy atom. The number of rotatable bonds is 7. The predicted octanol–water partition coefficient (Wildman–Crippen LogP) is 3.50. The van der Waals surface area contributed by atoms with Crippen molar-refractivity contribution in [3.8, 4) is 5.75 Å². The van der Waals surface area contributed by atoms with Gasteiger partial charge in [0.2, 0.25) is 15.9 Å². The van der Waals surface area contributed by atoms with Gasteiger partial charge in [0, 0.05) is 19.6 Å². The third-order valence-corrected chi connectivity index (χ3v) is 7.03. The molecule has 2 aromatic carbocycles. The zero-order valence-corrected chi connectivity index (χ0v) is 18.6. The highest BCUT2D eigenvalue weighted by Crippen LogP contribution is 2.24. The first-order chi connectivity index (χ1) is 14.3. The number of nitrogens with zero attached hydrogens (tertiary/aromatic N) is 1. The molecule has 2 aromatic rings. The number of benzene rings is 2. The fourth-order valence-corrected chi connectivity index (χ4v) is 5.09. The van der Waals surface area contributed by atoms with Crippen molar-refractivity contribution >= 4 is 15.9 Å². The topological polar surface area (TPSA) is 75.7 Å². The minimum atomic E-state index is -3.59. The first-order valence-corrected chi connectivity index (χ1v) is 11.8. The number of ether oxygens (including phenoxy) is 1.